The van der Waals surface area contributed by atoms with Crippen LogP contribution in [0.1, 0.15) is 6.42 Å². The van der Waals surface area contributed by atoms with E-state index in [9.17, 15) is 9.90 Å². The molecule has 4 rings (SSSR count). The molecular weight excluding hydrogens is 308 g/mol. The van der Waals surface area contributed by atoms with Crippen molar-refractivity contribution in [2.45, 2.75) is 6.42 Å². The molecule has 126 valence electrons. The van der Waals surface area contributed by atoms with Crippen molar-refractivity contribution in [2.24, 2.45) is 5.92 Å². The third-order valence-electron chi connectivity index (χ3n) is 4.68. The number of aliphatic carboxylic acids is 1. The molecule has 1 N–H and O–H groups in total. The quantitative estimate of drug-likeness (QED) is 0.912. The number of carboxylic acid groups (broad SMARTS) is 1. The number of benzene rings is 1. The number of anilines is 2. The fourth-order valence-corrected chi connectivity index (χ4v) is 3.34. The van der Waals surface area contributed by atoms with Gasteiger partial charge in [-0.15, -0.1) is 0 Å². The summed E-state index contributed by atoms with van der Waals surface area (Å²) >= 11 is 0. The molecule has 1 atom stereocenters. The number of hydrogen-bond donors (Lipinski definition) is 1. The number of carboxylic acids is 1. The lowest BCUT2D eigenvalue weighted by Crippen LogP contribution is -2.38. The zero-order valence-electron chi connectivity index (χ0n) is 13.4. The molecule has 0 saturated carbocycles. The van der Waals surface area contributed by atoms with Gasteiger partial charge in [-0.1, -0.05) is 12.1 Å². The average molecular weight is 328 g/mol. The second kappa shape index (κ2) is 6.24. The molecular formula is C17H20N4O3. The molecule has 2 fully saturated rings. The zero-order chi connectivity index (χ0) is 16.5. The minimum Gasteiger partial charge on any atom is -0.481 e. The molecule has 1 aromatic heterocycles. The van der Waals surface area contributed by atoms with Crippen molar-refractivity contribution < 1.29 is 14.6 Å². The first-order valence-corrected chi connectivity index (χ1v) is 8.29. The number of rotatable bonds is 3. The number of para-hydroxylation sites is 2. The maximum absolute atomic E-state index is 11.3. The number of aromatic nitrogens is 2. The minimum absolute atomic E-state index is 0.337. The maximum Gasteiger partial charge on any atom is 0.308 e. The summed E-state index contributed by atoms with van der Waals surface area (Å²) in [6.07, 6.45) is 0.645. The molecule has 2 aromatic rings. The third kappa shape index (κ3) is 2.75. The van der Waals surface area contributed by atoms with Gasteiger partial charge in [-0.3, -0.25) is 4.79 Å². The fourth-order valence-electron chi connectivity index (χ4n) is 3.34. The van der Waals surface area contributed by atoms with Crippen molar-refractivity contribution in [1.82, 2.24) is 9.97 Å². The Kier molecular flexibility index (Phi) is 3.93. The van der Waals surface area contributed by atoms with E-state index >= 15 is 0 Å². The van der Waals surface area contributed by atoms with E-state index in [1.54, 1.807) is 0 Å². The molecule has 0 spiro atoms. The Labute approximate surface area is 139 Å². The number of nitrogens with zero attached hydrogens (tertiary/aromatic N) is 4. The SMILES string of the molecule is O=C(O)C1CCN(c2nc3ccccc3nc2N2CCOCC2)C1. The van der Waals surface area contributed by atoms with Crippen molar-refractivity contribution >= 4 is 28.6 Å². The first-order valence-electron chi connectivity index (χ1n) is 8.29. The molecule has 2 aliphatic heterocycles. The van der Waals surface area contributed by atoms with E-state index in [4.69, 9.17) is 14.7 Å². The summed E-state index contributed by atoms with van der Waals surface area (Å²) in [5.74, 6) is 0.553. The molecule has 0 amide bonds. The van der Waals surface area contributed by atoms with Gasteiger partial charge in [0.25, 0.3) is 0 Å². The highest BCUT2D eigenvalue weighted by Gasteiger charge is 2.32. The van der Waals surface area contributed by atoms with Crippen LogP contribution < -0.4 is 9.80 Å². The molecule has 0 aliphatic carbocycles. The fraction of sp³-hybridized carbons (Fsp3) is 0.471. The van der Waals surface area contributed by atoms with Crippen molar-refractivity contribution in [3.8, 4) is 0 Å². The zero-order valence-corrected chi connectivity index (χ0v) is 13.4. The predicted molar refractivity (Wildman–Crippen MR) is 90.5 cm³/mol. The van der Waals surface area contributed by atoms with Crippen molar-refractivity contribution in [2.75, 3.05) is 49.2 Å². The van der Waals surface area contributed by atoms with Gasteiger partial charge < -0.3 is 19.6 Å². The molecule has 2 aliphatic rings. The van der Waals surface area contributed by atoms with E-state index in [0.29, 0.717) is 32.7 Å². The molecule has 2 saturated heterocycles. The lowest BCUT2D eigenvalue weighted by Gasteiger charge is -2.31. The van der Waals surface area contributed by atoms with Crippen LogP contribution in [0.15, 0.2) is 24.3 Å². The number of morpholine rings is 1. The van der Waals surface area contributed by atoms with Gasteiger partial charge in [0.05, 0.1) is 30.2 Å². The van der Waals surface area contributed by atoms with Gasteiger partial charge in [-0.2, -0.15) is 0 Å². The van der Waals surface area contributed by atoms with E-state index in [1.807, 2.05) is 24.3 Å². The second-order valence-electron chi connectivity index (χ2n) is 6.23. The molecule has 0 bridgehead atoms. The Bertz CT molecular complexity index is 761. The predicted octanol–water partition coefficient (Wildman–Crippen LogP) is 1.38. The van der Waals surface area contributed by atoms with E-state index in [2.05, 4.69) is 9.80 Å². The van der Waals surface area contributed by atoms with Gasteiger partial charge in [-0.05, 0) is 18.6 Å². The number of hydrogen-bond acceptors (Lipinski definition) is 6. The van der Waals surface area contributed by atoms with Crippen molar-refractivity contribution in [3.05, 3.63) is 24.3 Å². The Balaban J connectivity index is 1.75. The number of carbonyl (C=O) groups is 1. The highest BCUT2D eigenvalue weighted by Crippen LogP contribution is 2.32. The summed E-state index contributed by atoms with van der Waals surface area (Å²) < 4.78 is 5.44. The molecule has 1 unspecified atom stereocenters. The summed E-state index contributed by atoms with van der Waals surface area (Å²) in [5, 5.41) is 9.28. The normalized spacial score (nSPS) is 21.4. The monoisotopic (exact) mass is 328 g/mol. The van der Waals surface area contributed by atoms with Crippen molar-refractivity contribution in [3.63, 3.8) is 0 Å². The standard InChI is InChI=1S/C17H20N4O3/c22-17(23)12-5-6-21(11-12)16-15(20-7-9-24-10-8-20)18-13-3-1-2-4-14(13)19-16/h1-4,12H,5-11H2,(H,22,23). The molecule has 1 aromatic carbocycles. The molecule has 24 heavy (non-hydrogen) atoms. The first kappa shape index (κ1) is 15.1. The van der Waals surface area contributed by atoms with Gasteiger partial charge in [0.1, 0.15) is 0 Å². The Morgan fingerprint density at radius 2 is 1.67 bits per heavy atom. The van der Waals surface area contributed by atoms with Crippen LogP contribution in [0.25, 0.3) is 11.0 Å². The average Bonchev–Trinajstić information content (AvgIpc) is 3.12. The van der Waals surface area contributed by atoms with Crippen LogP contribution in [0.4, 0.5) is 11.6 Å². The lowest BCUT2D eigenvalue weighted by molar-refractivity contribution is -0.140. The highest BCUT2D eigenvalue weighted by atomic mass is 16.5. The van der Waals surface area contributed by atoms with Gasteiger partial charge in [-0.25, -0.2) is 9.97 Å². The molecule has 3 heterocycles. The van der Waals surface area contributed by atoms with E-state index in [0.717, 1.165) is 35.8 Å². The van der Waals surface area contributed by atoms with Crippen LogP contribution in [-0.4, -0.2) is 60.4 Å². The van der Waals surface area contributed by atoms with E-state index < -0.39 is 5.97 Å². The summed E-state index contributed by atoms with van der Waals surface area (Å²) in [5.41, 5.74) is 1.69. The number of fused-ring (bicyclic) bond motifs is 1. The van der Waals surface area contributed by atoms with E-state index in [-0.39, 0.29) is 5.92 Å². The van der Waals surface area contributed by atoms with Crippen LogP contribution >= 0.6 is 0 Å². The van der Waals surface area contributed by atoms with Crippen molar-refractivity contribution in [1.29, 1.82) is 0 Å². The minimum atomic E-state index is -0.737. The topological polar surface area (TPSA) is 78.8 Å². The maximum atomic E-state index is 11.3. The summed E-state index contributed by atoms with van der Waals surface area (Å²) in [6.45, 7) is 4.07. The third-order valence-corrected chi connectivity index (χ3v) is 4.68. The smallest absolute Gasteiger partial charge is 0.308 e. The summed E-state index contributed by atoms with van der Waals surface area (Å²) in [4.78, 5) is 25.2. The van der Waals surface area contributed by atoms with Crippen LogP contribution in [0.2, 0.25) is 0 Å². The van der Waals surface area contributed by atoms with Gasteiger partial charge >= 0.3 is 5.97 Å². The second-order valence-corrected chi connectivity index (χ2v) is 6.23. The van der Waals surface area contributed by atoms with Gasteiger partial charge in [0, 0.05) is 26.2 Å². The Morgan fingerprint density at radius 1 is 1.04 bits per heavy atom. The Morgan fingerprint density at radius 3 is 2.25 bits per heavy atom. The largest absolute Gasteiger partial charge is 0.481 e. The summed E-state index contributed by atoms with van der Waals surface area (Å²) in [7, 11) is 0. The molecule has 7 heteroatoms. The van der Waals surface area contributed by atoms with Crippen LogP contribution in [0.5, 0.6) is 0 Å². The van der Waals surface area contributed by atoms with Crippen LogP contribution in [0.3, 0.4) is 0 Å². The first-order chi connectivity index (χ1) is 11.7. The number of ether oxygens (including phenoxy) is 1. The summed E-state index contributed by atoms with van der Waals surface area (Å²) in [6, 6.07) is 7.80. The van der Waals surface area contributed by atoms with Crippen LogP contribution in [-0.2, 0) is 9.53 Å². The highest BCUT2D eigenvalue weighted by molar-refractivity contribution is 5.81. The Hall–Kier alpha value is -2.41. The molecule has 0 radical (unpaired) electrons. The van der Waals surface area contributed by atoms with Gasteiger partial charge in [0.2, 0.25) is 0 Å². The van der Waals surface area contributed by atoms with Crippen LogP contribution in [0, 0.1) is 5.92 Å². The lowest BCUT2D eigenvalue weighted by atomic mass is 10.1. The van der Waals surface area contributed by atoms with E-state index in [1.165, 1.54) is 0 Å². The molecule has 7 nitrogen and oxygen atoms in total. The van der Waals surface area contributed by atoms with Gasteiger partial charge in [0.15, 0.2) is 11.6 Å².